The predicted molar refractivity (Wildman–Crippen MR) is 97.0 cm³/mol. The van der Waals surface area contributed by atoms with Gasteiger partial charge in [0.2, 0.25) is 6.79 Å². The number of aryl methyl sites for hydroxylation is 1. The van der Waals surface area contributed by atoms with E-state index in [1.165, 1.54) is 13.0 Å². The lowest BCUT2D eigenvalue weighted by molar-refractivity contribution is -0.148. The number of rotatable bonds is 5. The van der Waals surface area contributed by atoms with Crippen LogP contribution >= 0.6 is 0 Å². The van der Waals surface area contributed by atoms with E-state index in [-0.39, 0.29) is 6.79 Å². The molecule has 0 saturated heterocycles. The summed E-state index contributed by atoms with van der Waals surface area (Å²) in [7, 11) is 0. The summed E-state index contributed by atoms with van der Waals surface area (Å²) in [6.07, 6.45) is 1.95. The molecule has 1 aliphatic rings. The van der Waals surface area contributed by atoms with E-state index in [0.29, 0.717) is 17.2 Å². The molecule has 0 spiro atoms. The molecule has 26 heavy (non-hydrogen) atoms. The topological polar surface area (TPSA) is 73.9 Å². The lowest BCUT2D eigenvalue weighted by atomic mass is 10.2. The van der Waals surface area contributed by atoms with Crippen LogP contribution < -0.4 is 14.8 Å². The summed E-state index contributed by atoms with van der Waals surface area (Å²) >= 11 is 0. The van der Waals surface area contributed by atoms with Gasteiger partial charge < -0.3 is 19.5 Å². The molecular formula is C20H19NO5. The quantitative estimate of drug-likeness (QED) is 0.659. The molecule has 2 aromatic carbocycles. The van der Waals surface area contributed by atoms with Crippen molar-refractivity contribution in [2.45, 2.75) is 20.0 Å². The van der Waals surface area contributed by atoms with Crippen LogP contribution in [0.15, 0.2) is 48.5 Å². The number of anilines is 1. The van der Waals surface area contributed by atoms with Gasteiger partial charge in [-0.15, -0.1) is 0 Å². The molecule has 1 heterocycles. The number of esters is 1. The average Bonchev–Trinajstić information content (AvgIpc) is 3.09. The molecule has 0 unspecified atom stereocenters. The van der Waals surface area contributed by atoms with Crippen LogP contribution in [-0.2, 0) is 14.3 Å². The van der Waals surface area contributed by atoms with Crippen LogP contribution in [-0.4, -0.2) is 24.8 Å². The highest BCUT2D eigenvalue weighted by Crippen LogP contribution is 2.32. The summed E-state index contributed by atoms with van der Waals surface area (Å²) in [5, 5.41) is 2.71. The maximum Gasteiger partial charge on any atom is 0.331 e. The van der Waals surface area contributed by atoms with Crippen LogP contribution in [0.4, 0.5) is 5.69 Å². The van der Waals surface area contributed by atoms with Gasteiger partial charge in [0.15, 0.2) is 17.6 Å². The van der Waals surface area contributed by atoms with Gasteiger partial charge in [-0.2, -0.15) is 0 Å². The average molecular weight is 353 g/mol. The van der Waals surface area contributed by atoms with Crippen LogP contribution in [0.3, 0.4) is 0 Å². The molecule has 6 heteroatoms. The number of fused-ring (bicyclic) bond motifs is 1. The number of amides is 1. The molecule has 1 N–H and O–H groups in total. The summed E-state index contributed by atoms with van der Waals surface area (Å²) in [6.45, 7) is 3.68. The molecule has 3 rings (SSSR count). The van der Waals surface area contributed by atoms with Gasteiger partial charge in [0, 0.05) is 11.8 Å². The van der Waals surface area contributed by atoms with Crippen molar-refractivity contribution in [2.75, 3.05) is 12.1 Å². The van der Waals surface area contributed by atoms with E-state index < -0.39 is 18.0 Å². The number of ether oxygens (including phenoxy) is 3. The second-order valence-corrected chi connectivity index (χ2v) is 5.88. The fraction of sp³-hybridized carbons (Fsp3) is 0.200. The molecule has 0 fully saturated rings. The lowest BCUT2D eigenvalue weighted by Gasteiger charge is -2.12. The molecule has 1 aliphatic heterocycles. The lowest BCUT2D eigenvalue weighted by Crippen LogP contribution is -2.29. The van der Waals surface area contributed by atoms with Crippen LogP contribution in [0.1, 0.15) is 18.1 Å². The number of carbonyl (C=O) groups is 2. The number of benzene rings is 2. The minimum absolute atomic E-state index is 0.193. The smallest absolute Gasteiger partial charge is 0.331 e. The molecule has 134 valence electrons. The first-order valence-electron chi connectivity index (χ1n) is 8.17. The number of hydrogen-bond donors (Lipinski definition) is 1. The minimum atomic E-state index is -0.912. The van der Waals surface area contributed by atoms with Gasteiger partial charge in [0.1, 0.15) is 0 Å². The van der Waals surface area contributed by atoms with E-state index in [0.717, 1.165) is 11.1 Å². The normalized spacial score (nSPS) is 13.5. The van der Waals surface area contributed by atoms with Crippen molar-refractivity contribution >= 4 is 23.6 Å². The summed E-state index contributed by atoms with van der Waals surface area (Å²) in [6, 6.07) is 12.7. The monoisotopic (exact) mass is 353 g/mol. The second kappa shape index (κ2) is 7.74. The first kappa shape index (κ1) is 17.5. The van der Waals surface area contributed by atoms with Crippen LogP contribution in [0, 0.1) is 6.92 Å². The third kappa shape index (κ3) is 4.42. The Morgan fingerprint density at radius 3 is 2.62 bits per heavy atom. The molecule has 0 bridgehead atoms. The maximum absolute atomic E-state index is 12.1. The maximum atomic E-state index is 12.1. The fourth-order valence-corrected chi connectivity index (χ4v) is 2.33. The number of hydrogen-bond acceptors (Lipinski definition) is 5. The molecule has 6 nitrogen and oxygen atoms in total. The standard InChI is InChI=1S/C20H19NO5/c1-13-3-7-16(8-4-13)21-20(23)14(2)26-19(22)10-6-15-5-9-17-18(11-15)25-12-24-17/h3-11,14H,12H2,1-2H3,(H,21,23)/b10-6+/t14-/m1/s1. The highest BCUT2D eigenvalue weighted by atomic mass is 16.7. The Kier molecular flexibility index (Phi) is 5.22. The molecule has 1 atom stereocenters. The molecule has 0 aliphatic carbocycles. The molecule has 1 amide bonds. The van der Waals surface area contributed by atoms with Crippen molar-refractivity contribution in [2.24, 2.45) is 0 Å². The summed E-state index contributed by atoms with van der Waals surface area (Å²) < 4.78 is 15.6. The molecule has 0 radical (unpaired) electrons. The molecule has 2 aromatic rings. The van der Waals surface area contributed by atoms with Crippen molar-refractivity contribution in [3.05, 3.63) is 59.7 Å². The highest BCUT2D eigenvalue weighted by molar-refractivity contribution is 5.96. The predicted octanol–water partition coefficient (Wildman–Crippen LogP) is 3.31. The minimum Gasteiger partial charge on any atom is -0.454 e. The van der Waals surface area contributed by atoms with Crippen LogP contribution in [0.2, 0.25) is 0 Å². The third-order valence-corrected chi connectivity index (χ3v) is 3.79. The van der Waals surface area contributed by atoms with Crippen LogP contribution in [0.5, 0.6) is 11.5 Å². The van der Waals surface area contributed by atoms with E-state index in [1.807, 2.05) is 19.1 Å². The Labute approximate surface area is 151 Å². The Bertz CT molecular complexity index is 842. The SMILES string of the molecule is Cc1ccc(NC(=O)[C@@H](C)OC(=O)/C=C/c2ccc3c(c2)OCO3)cc1. The third-order valence-electron chi connectivity index (χ3n) is 3.79. The van der Waals surface area contributed by atoms with Crippen molar-refractivity contribution in [3.63, 3.8) is 0 Å². The van der Waals surface area contributed by atoms with Crippen LogP contribution in [0.25, 0.3) is 6.08 Å². The zero-order valence-corrected chi connectivity index (χ0v) is 14.5. The van der Waals surface area contributed by atoms with Crippen molar-refractivity contribution in [1.29, 1.82) is 0 Å². The van der Waals surface area contributed by atoms with Gasteiger partial charge in [-0.1, -0.05) is 23.8 Å². The Balaban J connectivity index is 1.53. The van der Waals surface area contributed by atoms with Gasteiger partial charge in [0.25, 0.3) is 5.91 Å². The molecule has 0 aromatic heterocycles. The molecular weight excluding hydrogens is 334 g/mol. The zero-order valence-electron chi connectivity index (χ0n) is 14.5. The van der Waals surface area contributed by atoms with Crippen molar-refractivity contribution in [3.8, 4) is 11.5 Å². The van der Waals surface area contributed by atoms with Crippen molar-refractivity contribution in [1.82, 2.24) is 0 Å². The van der Waals surface area contributed by atoms with E-state index in [2.05, 4.69) is 5.32 Å². The summed E-state index contributed by atoms with van der Waals surface area (Å²) in [5.74, 6) is 0.311. The second-order valence-electron chi connectivity index (χ2n) is 5.88. The zero-order chi connectivity index (χ0) is 18.5. The largest absolute Gasteiger partial charge is 0.454 e. The fourth-order valence-electron chi connectivity index (χ4n) is 2.33. The first-order valence-corrected chi connectivity index (χ1v) is 8.17. The Morgan fingerprint density at radius 2 is 1.85 bits per heavy atom. The Hall–Kier alpha value is -3.28. The number of carbonyl (C=O) groups excluding carboxylic acids is 2. The van der Waals surface area contributed by atoms with Crippen molar-refractivity contribution < 1.29 is 23.8 Å². The Morgan fingerprint density at radius 1 is 1.12 bits per heavy atom. The molecule has 0 saturated carbocycles. The van der Waals surface area contributed by atoms with E-state index in [1.54, 1.807) is 36.4 Å². The van der Waals surface area contributed by atoms with E-state index >= 15 is 0 Å². The van der Waals surface area contributed by atoms with Gasteiger partial charge in [-0.3, -0.25) is 4.79 Å². The number of nitrogens with one attached hydrogen (secondary N) is 1. The van der Waals surface area contributed by atoms with Gasteiger partial charge >= 0.3 is 5.97 Å². The first-order chi connectivity index (χ1) is 12.5. The van der Waals surface area contributed by atoms with Gasteiger partial charge in [-0.25, -0.2) is 4.79 Å². The van der Waals surface area contributed by atoms with Gasteiger partial charge in [0.05, 0.1) is 0 Å². The van der Waals surface area contributed by atoms with E-state index in [9.17, 15) is 9.59 Å². The van der Waals surface area contributed by atoms with Gasteiger partial charge in [-0.05, 0) is 49.8 Å². The highest BCUT2D eigenvalue weighted by Gasteiger charge is 2.17. The van der Waals surface area contributed by atoms with E-state index in [4.69, 9.17) is 14.2 Å². The summed E-state index contributed by atoms with van der Waals surface area (Å²) in [4.78, 5) is 24.0. The summed E-state index contributed by atoms with van der Waals surface area (Å²) in [5.41, 5.74) is 2.51.